The zero-order valence-electron chi connectivity index (χ0n) is 8.34. The van der Waals surface area contributed by atoms with Crippen molar-refractivity contribution in [3.63, 3.8) is 0 Å². The summed E-state index contributed by atoms with van der Waals surface area (Å²) < 4.78 is 25.1. The third kappa shape index (κ3) is 1.75. The summed E-state index contributed by atoms with van der Waals surface area (Å²) in [6.45, 7) is 0. The first-order valence-electron chi connectivity index (χ1n) is 4.40. The Morgan fingerprint density at radius 3 is 2.62 bits per heavy atom. The Balaban J connectivity index is 3.02. The number of hydrogen-bond donors (Lipinski definition) is 0. The van der Waals surface area contributed by atoms with E-state index in [2.05, 4.69) is 22.6 Å². The van der Waals surface area contributed by atoms with Crippen molar-refractivity contribution in [2.75, 3.05) is 6.26 Å². The van der Waals surface area contributed by atoms with Crippen molar-refractivity contribution in [2.45, 2.75) is 0 Å². The first-order valence-corrected chi connectivity index (χ1v) is 7.33. The van der Waals surface area contributed by atoms with Crippen LogP contribution >= 0.6 is 22.6 Å². The van der Waals surface area contributed by atoms with Crippen molar-refractivity contribution in [1.82, 2.24) is 3.97 Å². The van der Waals surface area contributed by atoms with Gasteiger partial charge < -0.3 is 0 Å². The van der Waals surface area contributed by atoms with Crippen LogP contribution in [0.15, 0.2) is 24.4 Å². The molecule has 0 aliphatic carbocycles. The van der Waals surface area contributed by atoms with E-state index >= 15 is 0 Å². The van der Waals surface area contributed by atoms with Crippen LogP contribution in [0.25, 0.3) is 10.9 Å². The number of rotatable bonds is 2. The zero-order valence-corrected chi connectivity index (χ0v) is 11.3. The third-order valence-corrected chi connectivity index (χ3v) is 4.12. The third-order valence-electron chi connectivity index (χ3n) is 2.26. The maximum atomic E-state index is 11.6. The molecule has 0 atom stereocenters. The Hall–Kier alpha value is -0.890. The number of hydrogen-bond acceptors (Lipinski definition) is 3. The Kier molecular flexibility index (Phi) is 2.79. The maximum absolute atomic E-state index is 11.6. The van der Waals surface area contributed by atoms with E-state index < -0.39 is 10.0 Å². The number of fused-ring (bicyclic) bond motifs is 1. The number of aromatic nitrogens is 1. The van der Waals surface area contributed by atoms with Crippen LogP contribution in [0.4, 0.5) is 0 Å². The summed E-state index contributed by atoms with van der Waals surface area (Å²) in [5.41, 5.74) is 0.829. The monoisotopic (exact) mass is 349 g/mol. The van der Waals surface area contributed by atoms with Crippen LogP contribution in [0.1, 0.15) is 10.4 Å². The Labute approximate surface area is 106 Å². The molecule has 84 valence electrons. The van der Waals surface area contributed by atoms with Gasteiger partial charge in [0.1, 0.15) is 0 Å². The van der Waals surface area contributed by atoms with E-state index in [4.69, 9.17) is 0 Å². The molecule has 4 nitrogen and oxygen atoms in total. The molecule has 6 heteroatoms. The predicted molar refractivity (Wildman–Crippen MR) is 70.3 cm³/mol. The number of carbonyl (C=O) groups is 1. The summed E-state index contributed by atoms with van der Waals surface area (Å²) in [5, 5.41) is 0.774. The molecule has 0 amide bonds. The topological polar surface area (TPSA) is 56.1 Å². The molecular weight excluding hydrogens is 341 g/mol. The minimum absolute atomic E-state index is 0.380. The summed E-state index contributed by atoms with van der Waals surface area (Å²) in [4.78, 5) is 10.9. The van der Waals surface area contributed by atoms with Gasteiger partial charge >= 0.3 is 0 Å². The molecule has 0 unspecified atom stereocenters. The van der Waals surface area contributed by atoms with Gasteiger partial charge in [0, 0.05) is 20.7 Å². The summed E-state index contributed by atoms with van der Waals surface area (Å²) in [5.74, 6) is 0. The fourth-order valence-corrected chi connectivity index (χ4v) is 3.33. The average molecular weight is 349 g/mol. The number of carbonyl (C=O) groups excluding carboxylic acids is 1. The molecule has 0 saturated carbocycles. The van der Waals surface area contributed by atoms with E-state index in [0.717, 1.165) is 19.2 Å². The van der Waals surface area contributed by atoms with E-state index in [1.165, 1.54) is 6.20 Å². The lowest BCUT2D eigenvalue weighted by molar-refractivity contribution is 0.112. The predicted octanol–water partition coefficient (Wildman–Crippen LogP) is 1.87. The standard InChI is InChI=1S/C10H8INO3S/c1-16(14,15)12-5-9(11)8-4-2-3-7(6-13)10(8)12/h2-6H,1H3. The summed E-state index contributed by atoms with van der Waals surface area (Å²) >= 11 is 2.05. The molecule has 0 spiro atoms. The van der Waals surface area contributed by atoms with Crippen molar-refractivity contribution >= 4 is 49.8 Å². The molecule has 2 rings (SSSR count). The maximum Gasteiger partial charge on any atom is 0.236 e. The van der Waals surface area contributed by atoms with Gasteiger partial charge in [-0.05, 0) is 28.7 Å². The molecule has 0 fully saturated rings. The smallest absolute Gasteiger partial charge is 0.236 e. The van der Waals surface area contributed by atoms with Crippen molar-refractivity contribution in [3.05, 3.63) is 33.5 Å². The second-order valence-corrected chi connectivity index (χ2v) is 6.42. The van der Waals surface area contributed by atoms with Gasteiger partial charge in [-0.15, -0.1) is 0 Å². The second kappa shape index (κ2) is 3.85. The van der Waals surface area contributed by atoms with Gasteiger partial charge in [-0.2, -0.15) is 0 Å². The Morgan fingerprint density at radius 1 is 1.38 bits per heavy atom. The molecule has 0 aliphatic rings. The van der Waals surface area contributed by atoms with Gasteiger partial charge in [0.25, 0.3) is 0 Å². The quantitative estimate of drug-likeness (QED) is 0.614. The number of nitrogens with zero attached hydrogens (tertiary/aromatic N) is 1. The van der Waals surface area contributed by atoms with Crippen LogP contribution in [-0.2, 0) is 10.0 Å². The van der Waals surface area contributed by atoms with Crippen LogP contribution in [0.5, 0.6) is 0 Å². The highest BCUT2D eigenvalue weighted by Gasteiger charge is 2.15. The number of para-hydroxylation sites is 1. The van der Waals surface area contributed by atoms with Gasteiger partial charge in [0.05, 0.1) is 11.8 Å². The van der Waals surface area contributed by atoms with E-state index in [0.29, 0.717) is 17.4 Å². The van der Waals surface area contributed by atoms with Crippen molar-refractivity contribution in [3.8, 4) is 0 Å². The van der Waals surface area contributed by atoms with Crippen molar-refractivity contribution in [1.29, 1.82) is 0 Å². The second-order valence-electron chi connectivity index (χ2n) is 3.40. The number of benzene rings is 1. The Morgan fingerprint density at radius 2 is 2.06 bits per heavy atom. The highest BCUT2D eigenvalue weighted by molar-refractivity contribution is 14.1. The molecule has 2 aromatic rings. The molecule has 1 aromatic heterocycles. The average Bonchev–Trinajstić information content (AvgIpc) is 2.56. The van der Waals surface area contributed by atoms with Crippen molar-refractivity contribution < 1.29 is 13.2 Å². The molecule has 0 bridgehead atoms. The fraction of sp³-hybridized carbons (Fsp3) is 0.100. The van der Waals surface area contributed by atoms with Crippen LogP contribution < -0.4 is 0 Å². The molecule has 0 radical (unpaired) electrons. The first-order chi connectivity index (χ1) is 7.45. The SMILES string of the molecule is CS(=O)(=O)n1cc(I)c2cccc(C=O)c21. The molecule has 1 aromatic carbocycles. The molecule has 0 N–H and O–H groups in total. The van der Waals surface area contributed by atoms with Gasteiger partial charge in [0.15, 0.2) is 6.29 Å². The minimum Gasteiger partial charge on any atom is -0.298 e. The van der Waals surface area contributed by atoms with Gasteiger partial charge in [-0.3, -0.25) is 4.79 Å². The summed E-state index contributed by atoms with van der Waals surface area (Å²) in [7, 11) is -3.39. The van der Waals surface area contributed by atoms with Gasteiger partial charge in [-0.1, -0.05) is 12.1 Å². The van der Waals surface area contributed by atoms with Crippen molar-refractivity contribution in [2.24, 2.45) is 0 Å². The highest BCUT2D eigenvalue weighted by atomic mass is 127. The molecule has 0 saturated heterocycles. The largest absolute Gasteiger partial charge is 0.298 e. The Bertz CT molecular complexity index is 673. The van der Waals surface area contributed by atoms with E-state index in [-0.39, 0.29) is 0 Å². The summed E-state index contributed by atoms with van der Waals surface area (Å²) in [6.07, 6.45) is 3.30. The zero-order chi connectivity index (χ0) is 11.9. The highest BCUT2D eigenvalue weighted by Crippen LogP contribution is 2.26. The van der Waals surface area contributed by atoms with Gasteiger partial charge in [-0.25, -0.2) is 12.4 Å². The molecule has 0 aliphatic heterocycles. The molecule has 1 heterocycles. The lowest BCUT2D eigenvalue weighted by atomic mass is 10.2. The fourth-order valence-electron chi connectivity index (χ4n) is 1.59. The first kappa shape index (κ1) is 11.6. The van der Waals surface area contributed by atoms with E-state index in [1.807, 2.05) is 0 Å². The van der Waals surface area contributed by atoms with Crippen LogP contribution in [-0.4, -0.2) is 24.9 Å². The van der Waals surface area contributed by atoms with Gasteiger partial charge in [0.2, 0.25) is 10.0 Å². The van der Waals surface area contributed by atoms with Crippen LogP contribution in [0, 0.1) is 3.57 Å². The summed E-state index contributed by atoms with van der Waals surface area (Å²) in [6, 6.07) is 5.14. The molecular formula is C10H8INO3S. The lowest BCUT2D eigenvalue weighted by Gasteiger charge is -2.03. The number of aldehydes is 1. The molecule has 16 heavy (non-hydrogen) atoms. The van der Waals surface area contributed by atoms with E-state index in [1.54, 1.807) is 18.2 Å². The van der Waals surface area contributed by atoms with Crippen LogP contribution in [0.3, 0.4) is 0 Å². The normalized spacial score (nSPS) is 11.9. The number of halogens is 1. The van der Waals surface area contributed by atoms with E-state index in [9.17, 15) is 13.2 Å². The van der Waals surface area contributed by atoms with Crippen LogP contribution in [0.2, 0.25) is 0 Å². The lowest BCUT2D eigenvalue weighted by Crippen LogP contribution is -2.09. The minimum atomic E-state index is -3.39.